The molecule has 0 spiro atoms. The normalized spacial score (nSPS) is 28.3. The minimum absolute atomic E-state index is 0.404. The van der Waals surface area contributed by atoms with Gasteiger partial charge in [-0.1, -0.05) is 15.9 Å². The molecule has 0 unspecified atom stereocenters. The molecule has 0 amide bonds. The molecule has 2 aliphatic rings. The van der Waals surface area contributed by atoms with Crippen molar-refractivity contribution in [3.8, 4) is 5.75 Å². The van der Waals surface area contributed by atoms with E-state index in [4.69, 9.17) is 0 Å². The predicted octanol–water partition coefficient (Wildman–Crippen LogP) is 2.34. The lowest BCUT2D eigenvalue weighted by Crippen LogP contribution is -2.40. The minimum atomic E-state index is 0.404. The van der Waals surface area contributed by atoms with E-state index in [2.05, 4.69) is 26.1 Å². The van der Waals surface area contributed by atoms with Gasteiger partial charge in [-0.2, -0.15) is 0 Å². The quantitative estimate of drug-likeness (QED) is 0.880. The van der Waals surface area contributed by atoms with E-state index in [9.17, 15) is 5.11 Å². The highest BCUT2D eigenvalue weighted by Crippen LogP contribution is 2.29. The van der Waals surface area contributed by atoms with Gasteiger partial charge in [-0.05, 0) is 43.5 Å². The van der Waals surface area contributed by atoms with Crippen LogP contribution in [-0.4, -0.2) is 35.7 Å². The van der Waals surface area contributed by atoms with Gasteiger partial charge in [0.15, 0.2) is 0 Å². The number of halogens is 1. The maximum absolute atomic E-state index is 9.89. The third-order valence-corrected chi connectivity index (χ3v) is 4.60. The van der Waals surface area contributed by atoms with E-state index in [0.29, 0.717) is 11.8 Å². The molecule has 0 bridgehead atoms. The molecule has 18 heavy (non-hydrogen) atoms. The summed E-state index contributed by atoms with van der Waals surface area (Å²) in [5.41, 5.74) is 1.02. The molecule has 0 aromatic heterocycles. The van der Waals surface area contributed by atoms with Crippen LogP contribution >= 0.6 is 15.9 Å². The number of likely N-dealkylation sites (tertiary alicyclic amines) is 1. The highest BCUT2D eigenvalue weighted by atomic mass is 79.9. The number of benzene rings is 1. The highest BCUT2D eigenvalue weighted by molar-refractivity contribution is 9.10. The Bertz CT molecular complexity index is 424. The zero-order chi connectivity index (χ0) is 12.5. The van der Waals surface area contributed by atoms with Gasteiger partial charge in [0.25, 0.3) is 0 Å². The van der Waals surface area contributed by atoms with Crippen LogP contribution in [0, 0.1) is 5.92 Å². The predicted molar refractivity (Wildman–Crippen MR) is 75.6 cm³/mol. The van der Waals surface area contributed by atoms with Crippen LogP contribution in [-0.2, 0) is 6.54 Å². The molecular formula is C14H19BrN2O. The van der Waals surface area contributed by atoms with Crippen LogP contribution in [0.15, 0.2) is 22.7 Å². The molecule has 0 radical (unpaired) electrons. The molecule has 4 heteroatoms. The van der Waals surface area contributed by atoms with Crippen molar-refractivity contribution in [2.75, 3.05) is 19.6 Å². The summed E-state index contributed by atoms with van der Waals surface area (Å²) in [4.78, 5) is 2.45. The van der Waals surface area contributed by atoms with Crippen LogP contribution in [0.5, 0.6) is 5.75 Å². The van der Waals surface area contributed by atoms with E-state index >= 15 is 0 Å². The van der Waals surface area contributed by atoms with Crippen molar-refractivity contribution in [3.05, 3.63) is 28.2 Å². The molecule has 2 atom stereocenters. The number of phenolic OH excluding ortho intramolecular Hbond substituents is 1. The van der Waals surface area contributed by atoms with Crippen LogP contribution < -0.4 is 5.32 Å². The van der Waals surface area contributed by atoms with E-state index in [-0.39, 0.29) is 0 Å². The Labute approximate surface area is 116 Å². The Morgan fingerprint density at radius 3 is 3.11 bits per heavy atom. The first-order valence-electron chi connectivity index (χ1n) is 6.65. The highest BCUT2D eigenvalue weighted by Gasteiger charge is 2.34. The minimum Gasteiger partial charge on any atom is -0.508 e. The molecular weight excluding hydrogens is 292 g/mol. The summed E-state index contributed by atoms with van der Waals surface area (Å²) in [6.07, 6.45) is 2.65. The molecule has 98 valence electrons. The molecule has 1 aromatic rings. The van der Waals surface area contributed by atoms with Crippen molar-refractivity contribution >= 4 is 15.9 Å². The van der Waals surface area contributed by atoms with Crippen LogP contribution in [0.1, 0.15) is 18.4 Å². The molecule has 2 heterocycles. The Kier molecular flexibility index (Phi) is 3.59. The van der Waals surface area contributed by atoms with Crippen molar-refractivity contribution in [1.29, 1.82) is 0 Å². The molecule has 2 saturated heterocycles. The summed E-state index contributed by atoms with van der Waals surface area (Å²) >= 11 is 3.46. The zero-order valence-corrected chi connectivity index (χ0v) is 12.0. The molecule has 1 aromatic carbocycles. The number of fused-ring (bicyclic) bond motifs is 1. The second kappa shape index (κ2) is 5.19. The van der Waals surface area contributed by atoms with Gasteiger partial charge in [0.05, 0.1) is 0 Å². The smallest absolute Gasteiger partial charge is 0.120 e. The van der Waals surface area contributed by atoms with Crippen molar-refractivity contribution in [2.45, 2.75) is 25.4 Å². The number of nitrogens with one attached hydrogen (secondary N) is 1. The third-order valence-electron chi connectivity index (χ3n) is 4.11. The monoisotopic (exact) mass is 310 g/mol. The maximum Gasteiger partial charge on any atom is 0.120 e. The van der Waals surface area contributed by atoms with Gasteiger partial charge in [0.1, 0.15) is 5.75 Å². The van der Waals surface area contributed by atoms with Crippen LogP contribution in [0.25, 0.3) is 0 Å². The van der Waals surface area contributed by atoms with Crippen LogP contribution in [0.2, 0.25) is 0 Å². The average molecular weight is 311 g/mol. The summed E-state index contributed by atoms with van der Waals surface area (Å²) in [7, 11) is 0. The van der Waals surface area contributed by atoms with Crippen LogP contribution in [0.4, 0.5) is 0 Å². The topological polar surface area (TPSA) is 35.5 Å². The number of aromatic hydroxyl groups is 1. The fourth-order valence-electron chi connectivity index (χ4n) is 3.19. The number of hydrogen-bond donors (Lipinski definition) is 2. The first-order valence-corrected chi connectivity index (χ1v) is 7.45. The lowest BCUT2D eigenvalue weighted by molar-refractivity contribution is 0.307. The summed E-state index contributed by atoms with van der Waals surface area (Å²) in [5.74, 6) is 1.20. The van der Waals surface area contributed by atoms with Gasteiger partial charge in [-0.3, -0.25) is 4.90 Å². The number of hydrogen-bond acceptors (Lipinski definition) is 3. The van der Waals surface area contributed by atoms with E-state index in [0.717, 1.165) is 42.1 Å². The second-order valence-electron chi connectivity index (χ2n) is 5.43. The fraction of sp³-hybridized carbons (Fsp3) is 0.571. The molecule has 0 saturated carbocycles. The van der Waals surface area contributed by atoms with Gasteiger partial charge >= 0.3 is 0 Å². The van der Waals surface area contributed by atoms with Gasteiger partial charge < -0.3 is 10.4 Å². The summed E-state index contributed by atoms with van der Waals surface area (Å²) in [6, 6.07) is 6.32. The fourth-order valence-corrected chi connectivity index (χ4v) is 3.60. The Hall–Kier alpha value is -0.580. The lowest BCUT2D eigenvalue weighted by atomic mass is 9.94. The summed E-state index contributed by atoms with van der Waals surface area (Å²) in [6.45, 7) is 4.28. The number of phenols is 1. The van der Waals surface area contributed by atoms with Gasteiger partial charge in [0.2, 0.25) is 0 Å². The van der Waals surface area contributed by atoms with Gasteiger partial charge in [0, 0.05) is 35.7 Å². The Morgan fingerprint density at radius 2 is 2.28 bits per heavy atom. The standard InChI is InChI=1S/C14H19BrN2O/c15-12-3-4-14(18)11(6-12)8-17-7-10-2-1-5-16-13(10)9-17/h3-4,6,10,13,16,18H,1-2,5,7-9H2/t10-,13+/m0/s1. The molecule has 2 fully saturated rings. The largest absolute Gasteiger partial charge is 0.508 e. The lowest BCUT2D eigenvalue weighted by Gasteiger charge is -2.24. The molecule has 0 aliphatic carbocycles. The second-order valence-corrected chi connectivity index (χ2v) is 6.35. The maximum atomic E-state index is 9.89. The van der Waals surface area contributed by atoms with Gasteiger partial charge in [-0.25, -0.2) is 0 Å². The first kappa shape index (κ1) is 12.5. The Morgan fingerprint density at radius 1 is 1.39 bits per heavy atom. The summed E-state index contributed by atoms with van der Waals surface area (Å²) < 4.78 is 1.03. The Balaban J connectivity index is 1.68. The summed E-state index contributed by atoms with van der Waals surface area (Å²) in [5, 5.41) is 13.5. The molecule has 3 nitrogen and oxygen atoms in total. The van der Waals surface area contributed by atoms with Crippen molar-refractivity contribution in [3.63, 3.8) is 0 Å². The van der Waals surface area contributed by atoms with Gasteiger partial charge in [-0.15, -0.1) is 0 Å². The zero-order valence-electron chi connectivity index (χ0n) is 10.4. The van der Waals surface area contributed by atoms with Crippen LogP contribution in [0.3, 0.4) is 0 Å². The van der Waals surface area contributed by atoms with E-state index in [1.807, 2.05) is 12.1 Å². The van der Waals surface area contributed by atoms with E-state index in [1.54, 1.807) is 6.07 Å². The van der Waals surface area contributed by atoms with Crippen molar-refractivity contribution in [1.82, 2.24) is 10.2 Å². The number of piperidine rings is 1. The first-order chi connectivity index (χ1) is 8.72. The number of rotatable bonds is 2. The molecule has 3 rings (SSSR count). The molecule has 2 N–H and O–H groups in total. The van der Waals surface area contributed by atoms with E-state index < -0.39 is 0 Å². The SMILES string of the molecule is Oc1ccc(Br)cc1CN1C[C@@H]2CCCN[C@@H]2C1. The molecule has 2 aliphatic heterocycles. The third kappa shape index (κ3) is 2.56. The van der Waals surface area contributed by atoms with Crippen molar-refractivity contribution in [2.24, 2.45) is 5.92 Å². The average Bonchev–Trinajstić information content (AvgIpc) is 2.76. The van der Waals surface area contributed by atoms with E-state index in [1.165, 1.54) is 12.8 Å². The van der Waals surface area contributed by atoms with Crippen molar-refractivity contribution < 1.29 is 5.11 Å². The number of nitrogens with zero attached hydrogens (tertiary/aromatic N) is 1.